The Hall–Kier alpha value is -5.33. The molecule has 1 rings (SSSR count). The predicted octanol–water partition coefficient (Wildman–Crippen LogP) is -5.68. The highest BCUT2D eigenvalue weighted by molar-refractivity contribution is 8.76. The van der Waals surface area contributed by atoms with Crippen molar-refractivity contribution >= 4 is 86.6 Å². The zero-order valence-electron chi connectivity index (χ0n) is 43.6. The molecule has 0 aromatic carbocycles. The Labute approximate surface area is 439 Å². The van der Waals surface area contributed by atoms with Gasteiger partial charge in [0.25, 0.3) is 0 Å². The molecule has 74 heavy (non-hydrogen) atoms. The summed E-state index contributed by atoms with van der Waals surface area (Å²) in [6, 6.07) is -13.4. The van der Waals surface area contributed by atoms with E-state index in [0.717, 1.165) is 13.8 Å². The minimum atomic E-state index is -1.85. The van der Waals surface area contributed by atoms with Crippen LogP contribution in [0.25, 0.3) is 0 Å². The first-order valence-electron chi connectivity index (χ1n) is 24.6. The van der Waals surface area contributed by atoms with Gasteiger partial charge in [-0.15, -0.1) is 0 Å². The summed E-state index contributed by atoms with van der Waals surface area (Å²) in [4.78, 5) is 145. The number of primary amides is 1. The van der Waals surface area contributed by atoms with Gasteiger partial charge in [0, 0.05) is 11.5 Å². The molecule has 0 saturated carbocycles. The lowest BCUT2D eigenvalue weighted by atomic mass is 9.96. The largest absolute Gasteiger partial charge is 0.394 e. The topological polar surface area (TPSA) is 447 Å². The van der Waals surface area contributed by atoms with Gasteiger partial charge in [-0.3, -0.25) is 52.7 Å². The molecule has 27 nitrogen and oxygen atoms in total. The number of nitrogens with one attached hydrogen (secondary N) is 10. The van der Waals surface area contributed by atoms with Crippen molar-refractivity contribution in [2.24, 2.45) is 35.0 Å². The summed E-state index contributed by atoms with van der Waals surface area (Å²) >= 11 is 0. The molecule has 422 valence electrons. The highest BCUT2D eigenvalue weighted by atomic mass is 33.1. The first kappa shape index (κ1) is 66.7. The third-order valence-electron chi connectivity index (χ3n) is 11.7. The summed E-state index contributed by atoms with van der Waals surface area (Å²) < 4.78 is 0. The number of carbonyl (C=O) groups is 11. The van der Waals surface area contributed by atoms with Crippen molar-refractivity contribution in [3.05, 3.63) is 0 Å². The second kappa shape index (κ2) is 33.6. The van der Waals surface area contributed by atoms with Gasteiger partial charge >= 0.3 is 0 Å². The molecule has 0 unspecified atom stereocenters. The third kappa shape index (κ3) is 23.1. The smallest absolute Gasteiger partial charge is 0.245 e. The summed E-state index contributed by atoms with van der Waals surface area (Å²) in [5.74, 6) is -10.1. The molecule has 11 amide bonds. The number of carbonyl (C=O) groups excluding carboxylic acids is 11. The highest BCUT2D eigenvalue weighted by Gasteiger charge is 2.38. The molecule has 0 aliphatic carbocycles. The number of amides is 11. The minimum absolute atomic E-state index is 0.0606. The van der Waals surface area contributed by atoms with E-state index >= 15 is 0 Å². The van der Waals surface area contributed by atoms with E-state index in [2.05, 4.69) is 53.2 Å². The molecule has 0 radical (unpaired) electrons. The average molecular weight is 1090 g/mol. The van der Waals surface area contributed by atoms with Crippen molar-refractivity contribution < 1.29 is 68.1 Å². The van der Waals surface area contributed by atoms with Crippen LogP contribution in [0.2, 0.25) is 0 Å². The minimum Gasteiger partial charge on any atom is -0.394 e. The van der Waals surface area contributed by atoms with E-state index in [4.69, 9.17) is 17.2 Å². The van der Waals surface area contributed by atoms with Crippen LogP contribution in [0.1, 0.15) is 94.4 Å². The van der Waals surface area contributed by atoms with Crippen molar-refractivity contribution in [2.45, 2.75) is 167 Å². The maximum absolute atomic E-state index is 14.0. The number of nitrogens with two attached hydrogens (primary N) is 3. The third-order valence-corrected chi connectivity index (χ3v) is 14.1. The lowest BCUT2D eigenvalue weighted by Crippen LogP contribution is -2.64. The Morgan fingerprint density at radius 3 is 1.68 bits per heavy atom. The Balaban J connectivity index is 3.20. The molecule has 0 aromatic rings. The first-order chi connectivity index (χ1) is 34.6. The lowest BCUT2D eigenvalue weighted by molar-refractivity contribution is -0.138. The molecule has 29 heteroatoms. The number of aliphatic hydroxyl groups is 3. The SMILES string of the molecule is CC[C@H](C)[C@H](NC(=O)[C@H](CC(C)C)NC(=O)[C@H](CCCCN)NC(=O)CNC(=O)[C@@H]1CSSC[C@H](N)C(=O)N1)C(=O)N[C@@H](CO)C(=O)N[C@H](C(=O)N[C@H](C(=O)N[C@@H](C)C(=O)N[C@H](C(N)=O)C(C)C)[C@@H](C)O)[C@@H](C)O. The van der Waals surface area contributed by atoms with Crippen molar-refractivity contribution in [1.29, 1.82) is 0 Å². The average Bonchev–Trinajstić information content (AvgIpc) is 3.32. The standard InChI is InChI=1S/C45H81N13O14S2/c1-10-22(6)33(43(70)53-29(17-59)42(69)57-35(25(9)61)45(72)58-34(24(8)60)44(71)50-23(7)37(64)55-32(21(4)5)36(48)63)56-41(68)28(15-20(2)3)52-40(67)27(13-11-12-14-46)51-31(62)16-49-39(66)30-19-74-73-18-26(47)38(65)54-30/h20-30,32-35,59-61H,10-19,46-47H2,1-9H3,(H2,48,63)(H,49,66)(H,50,71)(H,51,62)(H,52,67)(H,53,70)(H,54,65)(H,55,64)(H,56,68)(H,57,69)(H,58,72)/t22-,23-,24+,25+,26-,27-,28-,29-,30-,32-,33-,34-,35-/m0/s1. The Morgan fingerprint density at radius 1 is 0.649 bits per heavy atom. The number of unbranched alkanes of at least 4 members (excludes halogenated alkanes) is 1. The quantitative estimate of drug-likeness (QED) is 0.0227. The van der Waals surface area contributed by atoms with Crippen LogP contribution in [-0.4, -0.2) is 184 Å². The van der Waals surface area contributed by atoms with E-state index in [1.54, 1.807) is 41.5 Å². The molecule has 1 saturated heterocycles. The number of aliphatic hydroxyl groups excluding tert-OH is 3. The van der Waals surface area contributed by atoms with Crippen LogP contribution in [0.4, 0.5) is 0 Å². The van der Waals surface area contributed by atoms with Gasteiger partial charge in [0.15, 0.2) is 0 Å². The van der Waals surface area contributed by atoms with E-state index in [9.17, 15) is 68.1 Å². The molecule has 1 heterocycles. The Kier molecular flexibility index (Phi) is 30.2. The fraction of sp³-hybridized carbons (Fsp3) is 0.756. The van der Waals surface area contributed by atoms with E-state index < -0.39 is 157 Å². The molecule has 0 bridgehead atoms. The predicted molar refractivity (Wildman–Crippen MR) is 275 cm³/mol. The van der Waals surface area contributed by atoms with Gasteiger partial charge in [0.05, 0.1) is 31.4 Å². The van der Waals surface area contributed by atoms with Crippen LogP contribution in [-0.2, 0) is 52.7 Å². The molecule has 0 spiro atoms. The maximum Gasteiger partial charge on any atom is 0.245 e. The van der Waals surface area contributed by atoms with Crippen molar-refractivity contribution in [1.82, 2.24) is 53.2 Å². The monoisotopic (exact) mass is 1090 g/mol. The van der Waals surface area contributed by atoms with Gasteiger partial charge in [-0.25, -0.2) is 0 Å². The van der Waals surface area contributed by atoms with Crippen molar-refractivity contribution in [2.75, 3.05) is 31.2 Å². The summed E-state index contributed by atoms with van der Waals surface area (Å²) in [7, 11) is 2.67. The Morgan fingerprint density at radius 2 is 1.15 bits per heavy atom. The first-order valence-corrected chi connectivity index (χ1v) is 27.0. The summed E-state index contributed by atoms with van der Waals surface area (Å²) in [5, 5.41) is 55.6. The van der Waals surface area contributed by atoms with Gasteiger partial charge in [-0.2, -0.15) is 0 Å². The van der Waals surface area contributed by atoms with Crippen molar-refractivity contribution in [3.63, 3.8) is 0 Å². The molecule has 1 aliphatic rings. The van der Waals surface area contributed by atoms with Gasteiger partial charge in [0.2, 0.25) is 65.0 Å². The normalized spacial score (nSPS) is 19.3. The van der Waals surface area contributed by atoms with Crippen LogP contribution >= 0.6 is 21.6 Å². The second-order valence-corrected chi connectivity index (χ2v) is 21.5. The molecule has 0 aromatic heterocycles. The molecular weight excluding hydrogens is 1010 g/mol. The van der Waals surface area contributed by atoms with Crippen LogP contribution in [0.15, 0.2) is 0 Å². The molecule has 1 aliphatic heterocycles. The fourth-order valence-electron chi connectivity index (χ4n) is 6.98. The van der Waals surface area contributed by atoms with Gasteiger partial charge < -0.3 is 85.7 Å². The number of rotatable bonds is 31. The van der Waals surface area contributed by atoms with Crippen molar-refractivity contribution in [3.8, 4) is 0 Å². The maximum atomic E-state index is 14.0. The fourth-order valence-corrected chi connectivity index (χ4v) is 9.27. The molecule has 19 N–H and O–H groups in total. The van der Waals surface area contributed by atoms with Crippen LogP contribution in [0.3, 0.4) is 0 Å². The summed E-state index contributed by atoms with van der Waals surface area (Å²) in [5.41, 5.74) is 16.9. The van der Waals surface area contributed by atoms with Gasteiger partial charge in [-0.05, 0) is 70.8 Å². The van der Waals surface area contributed by atoms with E-state index in [1.807, 2.05) is 0 Å². The molecule has 1 fully saturated rings. The van der Waals surface area contributed by atoms with E-state index in [1.165, 1.54) is 28.5 Å². The van der Waals surface area contributed by atoms with Crippen LogP contribution < -0.4 is 70.4 Å². The van der Waals surface area contributed by atoms with Gasteiger partial charge in [-0.1, -0.05) is 69.6 Å². The van der Waals surface area contributed by atoms with Gasteiger partial charge in [0.1, 0.15) is 54.4 Å². The number of hydrogen-bond donors (Lipinski definition) is 16. The van der Waals surface area contributed by atoms with Crippen LogP contribution in [0, 0.1) is 17.8 Å². The Bertz CT molecular complexity index is 1930. The number of hydrogen-bond acceptors (Lipinski definition) is 18. The lowest BCUT2D eigenvalue weighted by Gasteiger charge is -2.30. The zero-order chi connectivity index (χ0) is 56.6. The van der Waals surface area contributed by atoms with Crippen LogP contribution in [0.5, 0.6) is 0 Å². The molecule has 13 atom stereocenters. The second-order valence-electron chi connectivity index (χ2n) is 19.0. The summed E-state index contributed by atoms with van der Waals surface area (Å²) in [6.45, 7) is 12.4. The highest BCUT2D eigenvalue weighted by Crippen LogP contribution is 2.24. The zero-order valence-corrected chi connectivity index (χ0v) is 45.2. The van der Waals surface area contributed by atoms with E-state index in [0.29, 0.717) is 25.0 Å². The molecular formula is C45H81N13O14S2. The summed E-state index contributed by atoms with van der Waals surface area (Å²) in [6.07, 6.45) is -1.92. The van der Waals surface area contributed by atoms with E-state index in [-0.39, 0.29) is 37.0 Å².